The minimum absolute atomic E-state index is 0.127. The van der Waals surface area contributed by atoms with Gasteiger partial charge in [-0.2, -0.15) is 0 Å². The van der Waals surface area contributed by atoms with Crippen LogP contribution in [0.25, 0.3) is 0 Å². The number of para-hydroxylation sites is 1. The summed E-state index contributed by atoms with van der Waals surface area (Å²) in [5.41, 5.74) is 2.76. The van der Waals surface area contributed by atoms with Crippen LogP contribution in [0.2, 0.25) is 0 Å². The number of hydrogen-bond donors (Lipinski definition) is 5. The summed E-state index contributed by atoms with van der Waals surface area (Å²) in [5, 5.41) is 17.0. The summed E-state index contributed by atoms with van der Waals surface area (Å²) in [4.78, 5) is 72.7. The normalized spacial score (nSPS) is 19.0. The predicted octanol–water partition coefficient (Wildman–Crippen LogP) is 3.04. The third kappa shape index (κ3) is 11.5. The number of ether oxygens (including phenoxy) is 1. The lowest BCUT2D eigenvalue weighted by Crippen LogP contribution is -2.56. The number of fused-ring (bicyclic) bond motifs is 1. The zero-order valence-corrected chi connectivity index (χ0v) is 29.9. The van der Waals surface area contributed by atoms with Crippen LogP contribution in [0, 0.1) is 6.92 Å². The van der Waals surface area contributed by atoms with Crippen molar-refractivity contribution in [3.8, 4) is 5.75 Å². The Morgan fingerprint density at radius 3 is 2.17 bits per heavy atom. The molecule has 13 heteroatoms. The Bertz CT molecular complexity index is 1820. The fourth-order valence-electron chi connectivity index (χ4n) is 5.74. The third-order valence-electron chi connectivity index (χ3n) is 8.40. The van der Waals surface area contributed by atoms with Gasteiger partial charge in [0.25, 0.3) is 5.91 Å². The number of thiazole rings is 1. The summed E-state index contributed by atoms with van der Waals surface area (Å²) in [6, 6.07) is 21.8. The highest BCUT2D eigenvalue weighted by atomic mass is 32.1. The maximum absolute atomic E-state index is 13.9. The second kappa shape index (κ2) is 19.2. The Labute approximate surface area is 307 Å². The number of carbonyl (C=O) groups excluding carboxylic acids is 5. The Morgan fingerprint density at radius 1 is 0.846 bits per heavy atom. The van der Waals surface area contributed by atoms with Crippen LogP contribution in [0.5, 0.6) is 5.75 Å². The van der Waals surface area contributed by atoms with Crippen molar-refractivity contribution >= 4 is 40.9 Å². The Hall–Kier alpha value is -5.56. The van der Waals surface area contributed by atoms with E-state index in [0.29, 0.717) is 31.6 Å². The first-order valence-corrected chi connectivity index (χ1v) is 18.3. The quantitative estimate of drug-likeness (QED) is 0.166. The summed E-state index contributed by atoms with van der Waals surface area (Å²) in [6.45, 7) is 2.66. The fourth-order valence-corrected chi connectivity index (χ4v) is 6.55. The second-order valence-corrected chi connectivity index (χ2v) is 13.5. The topological polar surface area (TPSA) is 168 Å². The van der Waals surface area contributed by atoms with Gasteiger partial charge in [-0.15, -0.1) is 11.3 Å². The molecule has 5 rings (SSSR count). The number of benzene rings is 3. The number of nitrogens with one attached hydrogen (secondary N) is 5. The van der Waals surface area contributed by atoms with E-state index in [2.05, 4.69) is 31.6 Å². The SMILES string of the molecule is Cc1csc(CCCNC(=O)[C@@H]2CC(=O)N[C@@H](Cc3ccccc3)C(=O)N[C@@H](Cc3ccccc3)C(=O)NCCCOc3ccccc3C(=O)N2)n1. The van der Waals surface area contributed by atoms with Gasteiger partial charge in [0.2, 0.25) is 23.6 Å². The minimum atomic E-state index is -1.27. The molecule has 0 saturated heterocycles. The Kier molecular flexibility index (Phi) is 13.9. The molecule has 2 heterocycles. The van der Waals surface area contributed by atoms with Crippen LogP contribution in [0.4, 0.5) is 0 Å². The van der Waals surface area contributed by atoms with Crippen molar-refractivity contribution in [1.29, 1.82) is 0 Å². The summed E-state index contributed by atoms with van der Waals surface area (Å²) in [5.74, 6) is -2.43. The molecule has 1 aliphatic rings. The van der Waals surface area contributed by atoms with Crippen LogP contribution in [0.1, 0.15) is 51.4 Å². The maximum Gasteiger partial charge on any atom is 0.255 e. The molecule has 1 aliphatic heterocycles. The lowest BCUT2D eigenvalue weighted by Gasteiger charge is -2.25. The van der Waals surface area contributed by atoms with E-state index in [1.165, 1.54) is 0 Å². The van der Waals surface area contributed by atoms with E-state index < -0.39 is 48.2 Å². The van der Waals surface area contributed by atoms with Crippen LogP contribution < -0.4 is 31.3 Å². The summed E-state index contributed by atoms with van der Waals surface area (Å²) in [7, 11) is 0. The van der Waals surface area contributed by atoms with Gasteiger partial charge in [0.05, 0.1) is 23.6 Å². The highest BCUT2D eigenvalue weighted by Crippen LogP contribution is 2.19. The zero-order valence-electron chi connectivity index (χ0n) is 29.1. The number of amides is 5. The molecule has 0 saturated carbocycles. The first-order valence-electron chi connectivity index (χ1n) is 17.4. The fraction of sp³-hybridized carbons (Fsp3) is 0.333. The molecule has 0 unspecified atom stereocenters. The Morgan fingerprint density at radius 2 is 1.50 bits per heavy atom. The zero-order chi connectivity index (χ0) is 36.7. The molecule has 1 aromatic heterocycles. The van der Waals surface area contributed by atoms with Crippen LogP contribution in [0.15, 0.2) is 90.3 Å². The second-order valence-electron chi connectivity index (χ2n) is 12.6. The maximum atomic E-state index is 13.9. The summed E-state index contributed by atoms with van der Waals surface area (Å²) < 4.78 is 5.92. The third-order valence-corrected chi connectivity index (χ3v) is 9.43. The van der Waals surface area contributed by atoms with Crippen molar-refractivity contribution in [2.45, 2.75) is 63.6 Å². The highest BCUT2D eigenvalue weighted by molar-refractivity contribution is 7.09. The number of hydrogen-bond acceptors (Lipinski definition) is 8. The van der Waals surface area contributed by atoms with Gasteiger partial charge in [-0.3, -0.25) is 24.0 Å². The first-order chi connectivity index (χ1) is 25.2. The van der Waals surface area contributed by atoms with Crippen molar-refractivity contribution in [2.24, 2.45) is 0 Å². The van der Waals surface area contributed by atoms with Crippen molar-refractivity contribution in [2.75, 3.05) is 19.7 Å². The summed E-state index contributed by atoms with van der Waals surface area (Å²) in [6.07, 6.45) is 1.61. The molecule has 3 aromatic carbocycles. The standard InChI is InChI=1S/C39H44N6O6S/c1-26-25-52-35(42-26)18-10-19-40-38(49)32-24-34(46)43-31(23-28-14-6-3-7-15-28)39(50)45-30(22-27-12-4-2-5-13-27)37(48)41-20-11-21-51-33-17-9-8-16-29(33)36(47)44-32/h2-9,12-17,25,30-32H,10-11,18-24H2,1H3,(H,40,49)(H,41,48)(H,43,46)(H,44,47)(H,45,50)/t30-,31-,32-/m0/s1. The molecule has 0 fully saturated rings. The van der Waals surface area contributed by atoms with Crippen molar-refractivity contribution in [3.63, 3.8) is 0 Å². The monoisotopic (exact) mass is 724 g/mol. The van der Waals surface area contributed by atoms with Crippen LogP contribution >= 0.6 is 11.3 Å². The van der Waals surface area contributed by atoms with Gasteiger partial charge in [-0.25, -0.2) is 4.98 Å². The molecule has 12 nitrogen and oxygen atoms in total. The lowest BCUT2D eigenvalue weighted by atomic mass is 10.0. The van der Waals surface area contributed by atoms with Gasteiger partial charge in [-0.1, -0.05) is 72.8 Å². The summed E-state index contributed by atoms with van der Waals surface area (Å²) >= 11 is 1.55. The van der Waals surface area contributed by atoms with E-state index in [0.717, 1.165) is 21.8 Å². The van der Waals surface area contributed by atoms with Gasteiger partial charge in [0, 0.05) is 43.4 Å². The molecule has 5 amide bonds. The molecular weight excluding hydrogens is 681 g/mol. The van der Waals surface area contributed by atoms with Gasteiger partial charge in [0.1, 0.15) is 23.9 Å². The number of aryl methyl sites for hydroxylation is 2. The minimum Gasteiger partial charge on any atom is -0.493 e. The van der Waals surface area contributed by atoms with Gasteiger partial charge in [0.15, 0.2) is 0 Å². The molecule has 5 N–H and O–H groups in total. The van der Waals surface area contributed by atoms with Gasteiger partial charge >= 0.3 is 0 Å². The van der Waals surface area contributed by atoms with E-state index in [9.17, 15) is 24.0 Å². The number of carbonyl (C=O) groups is 5. The number of aromatic nitrogens is 1. The van der Waals surface area contributed by atoms with Gasteiger partial charge < -0.3 is 31.3 Å². The molecule has 272 valence electrons. The smallest absolute Gasteiger partial charge is 0.255 e. The Balaban J connectivity index is 1.39. The van der Waals surface area contributed by atoms with Crippen molar-refractivity contribution in [1.82, 2.24) is 31.6 Å². The molecule has 0 bridgehead atoms. The van der Waals surface area contributed by atoms with E-state index in [-0.39, 0.29) is 37.5 Å². The molecule has 4 aromatic rings. The molecular formula is C39H44N6O6S. The lowest BCUT2D eigenvalue weighted by molar-refractivity contribution is -0.133. The van der Waals surface area contributed by atoms with Crippen LogP contribution in [-0.2, 0) is 38.4 Å². The van der Waals surface area contributed by atoms with Crippen LogP contribution in [0.3, 0.4) is 0 Å². The average molecular weight is 725 g/mol. The first kappa shape index (κ1) is 37.7. The van der Waals surface area contributed by atoms with Gasteiger partial charge in [-0.05, 0) is 43.0 Å². The molecule has 52 heavy (non-hydrogen) atoms. The van der Waals surface area contributed by atoms with E-state index in [1.807, 2.05) is 73.0 Å². The molecule has 3 atom stereocenters. The molecule has 0 aliphatic carbocycles. The molecule has 0 spiro atoms. The largest absolute Gasteiger partial charge is 0.493 e. The highest BCUT2D eigenvalue weighted by Gasteiger charge is 2.30. The predicted molar refractivity (Wildman–Crippen MR) is 198 cm³/mol. The van der Waals surface area contributed by atoms with E-state index in [1.54, 1.807) is 35.6 Å². The number of rotatable bonds is 9. The van der Waals surface area contributed by atoms with Crippen molar-refractivity contribution in [3.05, 3.63) is 118 Å². The van der Waals surface area contributed by atoms with E-state index >= 15 is 0 Å². The average Bonchev–Trinajstić information content (AvgIpc) is 3.57. The number of nitrogens with zero attached hydrogens (tertiary/aromatic N) is 1. The van der Waals surface area contributed by atoms with Crippen molar-refractivity contribution < 1.29 is 28.7 Å². The van der Waals surface area contributed by atoms with Crippen LogP contribution in [-0.4, -0.2) is 72.3 Å². The van der Waals surface area contributed by atoms with E-state index in [4.69, 9.17) is 4.74 Å². The molecule has 0 radical (unpaired) electrons.